The molecule has 0 spiro atoms. The summed E-state index contributed by atoms with van der Waals surface area (Å²) in [6.45, 7) is 0.989. The van der Waals surface area contributed by atoms with Crippen molar-refractivity contribution in [1.82, 2.24) is 4.90 Å². The van der Waals surface area contributed by atoms with Crippen molar-refractivity contribution in [3.05, 3.63) is 35.4 Å². The standard InChI is InChI=1S/C16H25N3/c1-19(15-6-4-2-3-5-7-15)12-13-8-10-14(11-9-13)16(17)18/h8-11,15H,2-7,12H2,1H3,(H3,17,18). The molecule has 0 amide bonds. The number of rotatable bonds is 4. The number of nitrogen functional groups attached to an aromatic ring is 1. The third kappa shape index (κ3) is 4.06. The van der Waals surface area contributed by atoms with Crippen molar-refractivity contribution < 1.29 is 0 Å². The number of benzene rings is 1. The Balaban J connectivity index is 1.93. The maximum Gasteiger partial charge on any atom is 0.122 e. The highest BCUT2D eigenvalue weighted by Crippen LogP contribution is 2.22. The fourth-order valence-electron chi connectivity index (χ4n) is 2.91. The molecule has 0 atom stereocenters. The largest absolute Gasteiger partial charge is 0.384 e. The van der Waals surface area contributed by atoms with Gasteiger partial charge in [0.25, 0.3) is 0 Å². The fraction of sp³-hybridized carbons (Fsp3) is 0.562. The molecule has 1 aliphatic carbocycles. The van der Waals surface area contributed by atoms with Gasteiger partial charge in [-0.15, -0.1) is 0 Å². The molecule has 1 aromatic carbocycles. The average molecular weight is 259 g/mol. The highest BCUT2D eigenvalue weighted by molar-refractivity contribution is 5.94. The van der Waals surface area contributed by atoms with Gasteiger partial charge in [0, 0.05) is 18.2 Å². The van der Waals surface area contributed by atoms with Crippen molar-refractivity contribution in [1.29, 1.82) is 5.41 Å². The normalized spacial score (nSPS) is 17.4. The third-order valence-electron chi connectivity index (χ3n) is 4.14. The number of amidine groups is 1. The molecule has 104 valence electrons. The van der Waals surface area contributed by atoms with E-state index in [2.05, 4.69) is 24.1 Å². The summed E-state index contributed by atoms with van der Waals surface area (Å²) in [5, 5.41) is 7.40. The number of nitrogens with two attached hydrogens (primary N) is 1. The van der Waals surface area contributed by atoms with E-state index < -0.39 is 0 Å². The maximum atomic E-state index is 7.40. The molecule has 19 heavy (non-hydrogen) atoms. The van der Waals surface area contributed by atoms with E-state index in [4.69, 9.17) is 11.1 Å². The lowest BCUT2D eigenvalue weighted by atomic mass is 10.1. The number of nitrogens with zero attached hydrogens (tertiary/aromatic N) is 1. The Hall–Kier alpha value is -1.35. The molecular weight excluding hydrogens is 234 g/mol. The van der Waals surface area contributed by atoms with E-state index in [-0.39, 0.29) is 5.84 Å². The molecule has 0 radical (unpaired) electrons. The van der Waals surface area contributed by atoms with Gasteiger partial charge in [-0.3, -0.25) is 10.3 Å². The van der Waals surface area contributed by atoms with Crippen molar-refractivity contribution in [3.63, 3.8) is 0 Å². The van der Waals surface area contributed by atoms with Gasteiger partial charge in [-0.2, -0.15) is 0 Å². The van der Waals surface area contributed by atoms with Gasteiger partial charge in [-0.1, -0.05) is 49.9 Å². The van der Waals surface area contributed by atoms with Crippen LogP contribution in [0, 0.1) is 5.41 Å². The van der Waals surface area contributed by atoms with Crippen LogP contribution in [-0.2, 0) is 6.54 Å². The van der Waals surface area contributed by atoms with Crippen LogP contribution in [0.1, 0.15) is 49.7 Å². The highest BCUT2D eigenvalue weighted by atomic mass is 15.1. The van der Waals surface area contributed by atoms with Crippen molar-refractivity contribution >= 4 is 5.84 Å². The van der Waals surface area contributed by atoms with E-state index in [9.17, 15) is 0 Å². The van der Waals surface area contributed by atoms with Crippen LogP contribution < -0.4 is 5.73 Å². The first kappa shape index (κ1) is 14.1. The summed E-state index contributed by atoms with van der Waals surface area (Å²) in [6.07, 6.45) is 8.22. The zero-order valence-corrected chi connectivity index (χ0v) is 11.9. The van der Waals surface area contributed by atoms with E-state index in [1.165, 1.54) is 44.1 Å². The second kappa shape index (κ2) is 6.71. The minimum absolute atomic E-state index is 0.142. The van der Waals surface area contributed by atoms with Crippen molar-refractivity contribution in [2.24, 2.45) is 5.73 Å². The van der Waals surface area contributed by atoms with E-state index in [1.54, 1.807) is 0 Å². The molecule has 0 saturated heterocycles. The summed E-state index contributed by atoms with van der Waals surface area (Å²) in [4.78, 5) is 2.48. The van der Waals surface area contributed by atoms with Gasteiger partial charge in [0.2, 0.25) is 0 Å². The first-order valence-electron chi connectivity index (χ1n) is 7.30. The minimum atomic E-state index is 0.142. The van der Waals surface area contributed by atoms with Gasteiger partial charge in [0.05, 0.1) is 0 Å². The Morgan fingerprint density at radius 1 is 1.16 bits per heavy atom. The lowest BCUT2D eigenvalue weighted by molar-refractivity contribution is 0.213. The quantitative estimate of drug-likeness (QED) is 0.496. The van der Waals surface area contributed by atoms with Crippen LogP contribution in [0.3, 0.4) is 0 Å². The summed E-state index contributed by atoms with van der Waals surface area (Å²) < 4.78 is 0. The van der Waals surface area contributed by atoms with Crippen LogP contribution in [-0.4, -0.2) is 23.8 Å². The molecule has 1 saturated carbocycles. The Morgan fingerprint density at radius 2 is 1.74 bits per heavy atom. The number of nitrogens with one attached hydrogen (secondary N) is 1. The van der Waals surface area contributed by atoms with E-state index in [1.807, 2.05) is 12.1 Å². The summed E-state index contributed by atoms with van der Waals surface area (Å²) >= 11 is 0. The maximum absolute atomic E-state index is 7.40. The topological polar surface area (TPSA) is 53.1 Å². The molecule has 0 heterocycles. The molecule has 0 aliphatic heterocycles. The molecule has 0 unspecified atom stereocenters. The van der Waals surface area contributed by atoms with Crippen molar-refractivity contribution in [2.75, 3.05) is 7.05 Å². The predicted molar refractivity (Wildman–Crippen MR) is 80.4 cm³/mol. The van der Waals surface area contributed by atoms with Crippen LogP contribution in [0.15, 0.2) is 24.3 Å². The predicted octanol–water partition coefficient (Wildman–Crippen LogP) is 3.13. The van der Waals surface area contributed by atoms with Gasteiger partial charge in [0.1, 0.15) is 5.84 Å². The highest BCUT2D eigenvalue weighted by Gasteiger charge is 2.16. The molecular formula is C16H25N3. The average Bonchev–Trinajstić information content (AvgIpc) is 2.68. The molecule has 3 heteroatoms. The monoisotopic (exact) mass is 259 g/mol. The molecule has 3 nitrogen and oxygen atoms in total. The second-order valence-corrected chi connectivity index (χ2v) is 5.67. The van der Waals surface area contributed by atoms with Gasteiger partial charge in [0.15, 0.2) is 0 Å². The van der Waals surface area contributed by atoms with Crippen LogP contribution in [0.5, 0.6) is 0 Å². The summed E-state index contributed by atoms with van der Waals surface area (Å²) in [5.41, 5.74) is 7.58. The van der Waals surface area contributed by atoms with Crippen LogP contribution >= 0.6 is 0 Å². The molecule has 1 aromatic rings. The fourth-order valence-corrected chi connectivity index (χ4v) is 2.91. The SMILES string of the molecule is CN(Cc1ccc(C(=N)N)cc1)C1CCCCCC1. The van der Waals surface area contributed by atoms with Crippen LogP contribution in [0.25, 0.3) is 0 Å². The smallest absolute Gasteiger partial charge is 0.122 e. The first-order valence-corrected chi connectivity index (χ1v) is 7.30. The van der Waals surface area contributed by atoms with Gasteiger partial charge in [-0.25, -0.2) is 0 Å². The Labute approximate surface area is 116 Å². The van der Waals surface area contributed by atoms with E-state index in [0.717, 1.165) is 18.2 Å². The molecule has 0 aromatic heterocycles. The van der Waals surface area contributed by atoms with E-state index >= 15 is 0 Å². The van der Waals surface area contributed by atoms with Crippen LogP contribution in [0.4, 0.5) is 0 Å². The van der Waals surface area contributed by atoms with Crippen LogP contribution in [0.2, 0.25) is 0 Å². The van der Waals surface area contributed by atoms with Gasteiger partial charge < -0.3 is 5.73 Å². The molecule has 1 fully saturated rings. The molecule has 2 rings (SSSR count). The minimum Gasteiger partial charge on any atom is -0.384 e. The lowest BCUT2D eigenvalue weighted by Crippen LogP contribution is -2.30. The number of hydrogen-bond acceptors (Lipinski definition) is 2. The first-order chi connectivity index (χ1) is 9.16. The zero-order valence-electron chi connectivity index (χ0n) is 11.9. The molecule has 1 aliphatic rings. The lowest BCUT2D eigenvalue weighted by Gasteiger charge is -2.27. The Kier molecular flexibility index (Phi) is 4.97. The van der Waals surface area contributed by atoms with Crippen molar-refractivity contribution in [2.45, 2.75) is 51.1 Å². The molecule has 0 bridgehead atoms. The Morgan fingerprint density at radius 3 is 2.26 bits per heavy atom. The van der Waals surface area contributed by atoms with E-state index in [0.29, 0.717) is 0 Å². The number of hydrogen-bond donors (Lipinski definition) is 2. The summed E-state index contributed by atoms with van der Waals surface area (Å²) in [6, 6.07) is 8.79. The Bertz CT molecular complexity index is 403. The summed E-state index contributed by atoms with van der Waals surface area (Å²) in [7, 11) is 2.23. The molecule has 3 N–H and O–H groups in total. The van der Waals surface area contributed by atoms with Crippen molar-refractivity contribution in [3.8, 4) is 0 Å². The second-order valence-electron chi connectivity index (χ2n) is 5.67. The third-order valence-corrected chi connectivity index (χ3v) is 4.14. The zero-order chi connectivity index (χ0) is 13.7. The van der Waals surface area contributed by atoms with Gasteiger partial charge >= 0.3 is 0 Å². The summed E-state index contributed by atoms with van der Waals surface area (Å²) in [5.74, 6) is 0.142. The van der Waals surface area contributed by atoms with Gasteiger partial charge in [-0.05, 0) is 25.5 Å².